The number of nitrogens with one attached hydrogen (secondary N) is 1. The van der Waals surface area contributed by atoms with Crippen LogP contribution in [0.15, 0.2) is 0 Å². The molecule has 2 atom stereocenters. The first-order chi connectivity index (χ1) is 13.0. The van der Waals surface area contributed by atoms with E-state index in [4.69, 9.17) is 4.74 Å². The van der Waals surface area contributed by atoms with E-state index in [2.05, 4.69) is 5.32 Å². The second-order valence-corrected chi connectivity index (χ2v) is 9.07. The molecule has 0 aromatic carbocycles. The van der Waals surface area contributed by atoms with Crippen LogP contribution in [-0.4, -0.2) is 30.1 Å². The van der Waals surface area contributed by atoms with Gasteiger partial charge in [-0.25, -0.2) is 4.79 Å². The van der Waals surface area contributed by atoms with Gasteiger partial charge in [-0.3, -0.25) is 9.59 Å². The molecule has 3 fully saturated rings. The minimum atomic E-state index is -0.872. The second-order valence-electron chi connectivity index (χ2n) is 7.96. The Morgan fingerprint density at radius 1 is 1.04 bits per heavy atom. The molecule has 1 heterocycles. The van der Waals surface area contributed by atoms with Crippen molar-refractivity contribution >= 4 is 34.2 Å². The van der Waals surface area contributed by atoms with Gasteiger partial charge in [-0.2, -0.15) is 0 Å². The number of carbonyl (C=O) groups is 3. The van der Waals surface area contributed by atoms with Gasteiger partial charge in [0.15, 0.2) is 0 Å². The van der Waals surface area contributed by atoms with Gasteiger partial charge in [-0.15, -0.1) is 11.3 Å². The third-order valence-corrected chi connectivity index (χ3v) is 7.81. The predicted octanol–water partition coefficient (Wildman–Crippen LogP) is 3.49. The van der Waals surface area contributed by atoms with Gasteiger partial charge >= 0.3 is 11.9 Å². The average molecular weight is 391 g/mol. The van der Waals surface area contributed by atoms with E-state index in [-0.39, 0.29) is 17.7 Å². The smallest absolute Gasteiger partial charge is 0.341 e. The Labute approximate surface area is 162 Å². The maximum atomic E-state index is 13.1. The largest absolute Gasteiger partial charge is 0.481 e. The molecular weight excluding hydrogens is 366 g/mol. The summed E-state index contributed by atoms with van der Waals surface area (Å²) in [6.07, 6.45) is 7.44. The number of carboxylic acids is 1. The number of carboxylic acid groups (broad SMARTS) is 1. The van der Waals surface area contributed by atoms with Crippen molar-refractivity contribution < 1.29 is 24.2 Å². The number of anilines is 1. The quantitative estimate of drug-likeness (QED) is 0.767. The molecule has 1 aromatic rings. The third-order valence-electron chi connectivity index (χ3n) is 6.60. The lowest BCUT2D eigenvalue weighted by Crippen LogP contribution is -2.49. The number of methoxy groups -OCH3 is 1. The number of carbonyl (C=O) groups excluding carboxylic acids is 2. The van der Waals surface area contributed by atoms with Gasteiger partial charge < -0.3 is 15.2 Å². The van der Waals surface area contributed by atoms with Gasteiger partial charge in [0.1, 0.15) is 5.00 Å². The zero-order valence-electron chi connectivity index (χ0n) is 15.5. The highest BCUT2D eigenvalue weighted by Crippen LogP contribution is 2.49. The topological polar surface area (TPSA) is 92.7 Å². The van der Waals surface area contributed by atoms with Crippen molar-refractivity contribution in [1.29, 1.82) is 0 Å². The Balaban J connectivity index is 1.64. The standard InChI is InChI=1S/C20H25NO5S/c1-26-20(25)16-12-4-2-3-5-13(12)27-18(16)21-17(22)14-10-6-8-11(9-7-10)15(14)19(23)24/h10-11,14-15H,2-9H2,1H3,(H,21,22)(H,23,24)/t10?,11?,14-,15-/m0/s1. The van der Waals surface area contributed by atoms with Crippen LogP contribution in [0.3, 0.4) is 0 Å². The zero-order chi connectivity index (χ0) is 19.1. The molecule has 2 N–H and O–H groups in total. The number of esters is 1. The van der Waals surface area contributed by atoms with Crippen LogP contribution in [0.1, 0.15) is 59.3 Å². The Bertz CT molecular complexity index is 778. The third kappa shape index (κ3) is 3.16. The molecule has 0 unspecified atom stereocenters. The van der Waals surface area contributed by atoms with E-state index < -0.39 is 23.8 Å². The maximum absolute atomic E-state index is 13.1. The van der Waals surface area contributed by atoms with Crippen molar-refractivity contribution in [3.63, 3.8) is 0 Å². The minimum absolute atomic E-state index is 0.0832. The van der Waals surface area contributed by atoms with E-state index in [0.29, 0.717) is 10.6 Å². The number of aliphatic carboxylic acids is 1. The molecule has 3 saturated carbocycles. The lowest BCUT2D eigenvalue weighted by atomic mass is 9.58. The highest BCUT2D eigenvalue weighted by Gasteiger charge is 2.50. The number of fused-ring (bicyclic) bond motifs is 4. The molecule has 4 aliphatic rings. The van der Waals surface area contributed by atoms with E-state index in [0.717, 1.165) is 61.8 Å². The normalized spacial score (nSPS) is 29.1. The van der Waals surface area contributed by atoms with Crippen LogP contribution in [0.25, 0.3) is 0 Å². The van der Waals surface area contributed by atoms with Crippen LogP contribution in [0.2, 0.25) is 0 Å². The number of amides is 1. The number of hydrogen-bond donors (Lipinski definition) is 2. The van der Waals surface area contributed by atoms with Gasteiger partial charge in [0, 0.05) is 4.88 Å². The Kier molecular flexibility index (Phi) is 4.97. The summed E-state index contributed by atoms with van der Waals surface area (Å²) in [5, 5.41) is 13.2. The first-order valence-electron chi connectivity index (χ1n) is 9.77. The van der Waals surface area contributed by atoms with Gasteiger partial charge in [-0.1, -0.05) is 0 Å². The highest BCUT2D eigenvalue weighted by molar-refractivity contribution is 7.17. The molecule has 6 nitrogen and oxygen atoms in total. The zero-order valence-corrected chi connectivity index (χ0v) is 16.3. The molecular formula is C20H25NO5S. The van der Waals surface area contributed by atoms with E-state index in [1.807, 2.05) is 0 Å². The molecule has 146 valence electrons. The average Bonchev–Trinajstić information content (AvgIpc) is 3.05. The maximum Gasteiger partial charge on any atom is 0.341 e. The number of aryl methyl sites for hydroxylation is 1. The first-order valence-corrected chi connectivity index (χ1v) is 10.6. The van der Waals surface area contributed by atoms with Gasteiger partial charge in [-0.05, 0) is 68.8 Å². The van der Waals surface area contributed by atoms with E-state index >= 15 is 0 Å². The molecule has 0 radical (unpaired) electrons. The molecule has 0 aliphatic heterocycles. The summed E-state index contributed by atoms with van der Waals surface area (Å²) < 4.78 is 4.96. The highest BCUT2D eigenvalue weighted by atomic mass is 32.1. The Morgan fingerprint density at radius 3 is 2.30 bits per heavy atom. The summed E-state index contributed by atoms with van der Waals surface area (Å²) in [7, 11) is 1.35. The summed E-state index contributed by atoms with van der Waals surface area (Å²) in [5.74, 6) is -2.48. The minimum Gasteiger partial charge on any atom is -0.481 e. The fourth-order valence-electron chi connectivity index (χ4n) is 5.35. The fraction of sp³-hybridized carbons (Fsp3) is 0.650. The predicted molar refractivity (Wildman–Crippen MR) is 101 cm³/mol. The van der Waals surface area contributed by atoms with Crippen LogP contribution < -0.4 is 5.32 Å². The molecule has 2 bridgehead atoms. The van der Waals surface area contributed by atoms with Crippen LogP contribution in [0.4, 0.5) is 5.00 Å². The van der Waals surface area contributed by atoms with Crippen molar-refractivity contribution in [2.45, 2.75) is 51.4 Å². The van der Waals surface area contributed by atoms with E-state index in [9.17, 15) is 19.5 Å². The molecule has 7 heteroatoms. The van der Waals surface area contributed by atoms with Crippen LogP contribution >= 0.6 is 11.3 Å². The number of rotatable bonds is 4. The van der Waals surface area contributed by atoms with E-state index in [1.54, 1.807) is 0 Å². The molecule has 1 amide bonds. The van der Waals surface area contributed by atoms with Gasteiger partial charge in [0.25, 0.3) is 0 Å². The van der Waals surface area contributed by atoms with Crippen LogP contribution in [0, 0.1) is 23.7 Å². The second kappa shape index (κ2) is 7.26. The summed E-state index contributed by atoms with van der Waals surface area (Å²) in [6, 6.07) is 0. The summed E-state index contributed by atoms with van der Waals surface area (Å²) in [4.78, 5) is 38.5. The monoisotopic (exact) mass is 391 g/mol. The lowest BCUT2D eigenvalue weighted by Gasteiger charge is -2.45. The summed E-state index contributed by atoms with van der Waals surface area (Å²) in [6.45, 7) is 0. The number of hydrogen-bond acceptors (Lipinski definition) is 5. The van der Waals surface area contributed by atoms with Crippen molar-refractivity contribution in [2.75, 3.05) is 12.4 Å². The number of ether oxygens (including phenoxy) is 1. The van der Waals surface area contributed by atoms with Crippen LogP contribution in [0.5, 0.6) is 0 Å². The molecule has 0 saturated heterocycles. The Morgan fingerprint density at radius 2 is 1.67 bits per heavy atom. The van der Waals surface area contributed by atoms with Gasteiger partial charge in [0.05, 0.1) is 24.5 Å². The van der Waals surface area contributed by atoms with Crippen molar-refractivity contribution in [1.82, 2.24) is 0 Å². The van der Waals surface area contributed by atoms with Crippen molar-refractivity contribution in [3.05, 3.63) is 16.0 Å². The summed E-state index contributed by atoms with van der Waals surface area (Å²) in [5.41, 5.74) is 1.46. The molecule has 0 spiro atoms. The lowest BCUT2D eigenvalue weighted by molar-refractivity contribution is -0.156. The van der Waals surface area contributed by atoms with Crippen molar-refractivity contribution in [2.24, 2.45) is 23.7 Å². The number of thiophene rings is 1. The summed E-state index contributed by atoms with van der Waals surface area (Å²) >= 11 is 1.45. The Hall–Kier alpha value is -1.89. The van der Waals surface area contributed by atoms with Crippen molar-refractivity contribution in [3.8, 4) is 0 Å². The SMILES string of the molecule is COC(=O)c1c(NC(=O)[C@H]2C3CCC(CC3)[C@@H]2C(=O)O)sc2c1CCCC2. The molecule has 1 aromatic heterocycles. The fourth-order valence-corrected chi connectivity index (χ4v) is 6.63. The molecule has 4 aliphatic carbocycles. The van der Waals surface area contributed by atoms with E-state index in [1.165, 1.54) is 18.4 Å². The molecule has 27 heavy (non-hydrogen) atoms. The first kappa shape index (κ1) is 18.5. The molecule has 5 rings (SSSR count). The van der Waals surface area contributed by atoms with Gasteiger partial charge in [0.2, 0.25) is 5.91 Å². The van der Waals surface area contributed by atoms with Crippen LogP contribution in [-0.2, 0) is 27.2 Å².